The summed E-state index contributed by atoms with van der Waals surface area (Å²) in [7, 11) is 0. The fraction of sp³-hybridized carbons (Fsp3) is 0. The van der Waals surface area contributed by atoms with E-state index in [0.29, 0.717) is 10.0 Å². The molecule has 57 valence electrons. The van der Waals surface area contributed by atoms with Crippen molar-refractivity contribution in [1.29, 1.82) is 0 Å². The van der Waals surface area contributed by atoms with E-state index in [1.807, 2.05) is 6.08 Å². The summed E-state index contributed by atoms with van der Waals surface area (Å²) >= 11 is 11.6. The van der Waals surface area contributed by atoms with E-state index in [0.717, 1.165) is 5.56 Å². The molecule has 0 saturated heterocycles. The van der Waals surface area contributed by atoms with Gasteiger partial charge in [0.25, 0.3) is 0 Å². The predicted octanol–water partition coefficient (Wildman–Crippen LogP) is 3.84. The van der Waals surface area contributed by atoms with E-state index in [2.05, 4.69) is 6.92 Å². The zero-order valence-corrected chi connectivity index (χ0v) is 7.36. The van der Waals surface area contributed by atoms with Crippen LogP contribution in [0.15, 0.2) is 24.3 Å². The third-order valence-electron chi connectivity index (χ3n) is 1.26. The molecular formula is C9H7Cl2. The van der Waals surface area contributed by atoms with Crippen molar-refractivity contribution >= 4 is 29.3 Å². The number of hydrogen-bond donors (Lipinski definition) is 0. The van der Waals surface area contributed by atoms with E-state index < -0.39 is 0 Å². The number of benzene rings is 1. The minimum Gasteiger partial charge on any atom is -0.0843 e. The Morgan fingerprint density at radius 3 is 2.64 bits per heavy atom. The molecule has 0 amide bonds. The zero-order chi connectivity index (χ0) is 8.27. The minimum absolute atomic E-state index is 0.683. The van der Waals surface area contributed by atoms with E-state index in [-0.39, 0.29) is 0 Å². The molecule has 0 atom stereocenters. The SMILES string of the molecule is [CH2]C=Cc1cc(Cl)ccc1Cl. The van der Waals surface area contributed by atoms with Gasteiger partial charge in [0.1, 0.15) is 0 Å². The molecule has 11 heavy (non-hydrogen) atoms. The summed E-state index contributed by atoms with van der Waals surface area (Å²) in [6, 6.07) is 5.31. The van der Waals surface area contributed by atoms with E-state index in [1.54, 1.807) is 24.3 Å². The summed E-state index contributed by atoms with van der Waals surface area (Å²) in [4.78, 5) is 0. The largest absolute Gasteiger partial charge is 0.0843 e. The first-order chi connectivity index (χ1) is 5.24. The Labute approximate surface area is 76.4 Å². The summed E-state index contributed by atoms with van der Waals surface area (Å²) in [5.41, 5.74) is 0.897. The van der Waals surface area contributed by atoms with Gasteiger partial charge in [-0.05, 0) is 30.7 Å². The van der Waals surface area contributed by atoms with Crippen molar-refractivity contribution in [2.24, 2.45) is 0 Å². The van der Waals surface area contributed by atoms with Gasteiger partial charge in [-0.15, -0.1) is 0 Å². The lowest BCUT2D eigenvalue weighted by Gasteiger charge is -1.97. The van der Waals surface area contributed by atoms with Crippen LogP contribution in [0.1, 0.15) is 5.56 Å². The van der Waals surface area contributed by atoms with Crippen LogP contribution >= 0.6 is 23.2 Å². The van der Waals surface area contributed by atoms with Crippen LogP contribution in [0.2, 0.25) is 10.0 Å². The lowest BCUT2D eigenvalue weighted by atomic mass is 10.2. The average Bonchev–Trinajstić information content (AvgIpc) is 1.98. The molecule has 0 saturated carbocycles. The van der Waals surface area contributed by atoms with Crippen LogP contribution in [0.25, 0.3) is 6.08 Å². The molecule has 0 spiro atoms. The first-order valence-electron chi connectivity index (χ1n) is 3.15. The third kappa shape index (κ3) is 2.25. The lowest BCUT2D eigenvalue weighted by Crippen LogP contribution is -1.73. The molecule has 1 aromatic rings. The van der Waals surface area contributed by atoms with Gasteiger partial charge in [0.15, 0.2) is 0 Å². The van der Waals surface area contributed by atoms with Crippen molar-refractivity contribution in [3.8, 4) is 0 Å². The monoisotopic (exact) mass is 185 g/mol. The van der Waals surface area contributed by atoms with Crippen molar-refractivity contribution in [1.82, 2.24) is 0 Å². The molecule has 1 radical (unpaired) electrons. The maximum atomic E-state index is 5.84. The smallest absolute Gasteiger partial charge is 0.0479 e. The second-order valence-corrected chi connectivity index (χ2v) is 2.91. The van der Waals surface area contributed by atoms with Gasteiger partial charge in [0.2, 0.25) is 0 Å². The van der Waals surface area contributed by atoms with Gasteiger partial charge in [0, 0.05) is 10.0 Å². The lowest BCUT2D eigenvalue weighted by molar-refractivity contribution is 1.65. The molecule has 0 aliphatic rings. The molecular weight excluding hydrogens is 179 g/mol. The van der Waals surface area contributed by atoms with Crippen molar-refractivity contribution in [2.45, 2.75) is 0 Å². The highest BCUT2D eigenvalue weighted by Gasteiger charge is 1.95. The summed E-state index contributed by atoms with van der Waals surface area (Å²) in [5.74, 6) is 0. The van der Waals surface area contributed by atoms with Gasteiger partial charge >= 0.3 is 0 Å². The van der Waals surface area contributed by atoms with Crippen LogP contribution in [-0.4, -0.2) is 0 Å². The van der Waals surface area contributed by atoms with Crippen molar-refractivity contribution < 1.29 is 0 Å². The number of allylic oxidation sites excluding steroid dienone is 1. The molecule has 0 unspecified atom stereocenters. The Kier molecular flexibility index (Phi) is 2.98. The Balaban J connectivity index is 3.12. The standard InChI is InChI=1S/C9H7Cl2/c1-2-3-7-6-8(10)4-5-9(7)11/h2-6H,1H2. The van der Waals surface area contributed by atoms with E-state index in [9.17, 15) is 0 Å². The molecule has 0 N–H and O–H groups in total. The summed E-state index contributed by atoms with van der Waals surface area (Å²) < 4.78 is 0. The molecule has 0 fully saturated rings. The highest BCUT2D eigenvalue weighted by molar-refractivity contribution is 6.34. The first kappa shape index (κ1) is 8.63. The van der Waals surface area contributed by atoms with Crippen LogP contribution in [0, 0.1) is 6.92 Å². The van der Waals surface area contributed by atoms with Gasteiger partial charge in [-0.25, -0.2) is 0 Å². The quantitative estimate of drug-likeness (QED) is 0.624. The van der Waals surface area contributed by atoms with E-state index >= 15 is 0 Å². The van der Waals surface area contributed by atoms with Crippen LogP contribution in [0.4, 0.5) is 0 Å². The Bertz CT molecular complexity index is 277. The highest BCUT2D eigenvalue weighted by atomic mass is 35.5. The summed E-state index contributed by atoms with van der Waals surface area (Å²) in [6.07, 6.45) is 3.49. The molecule has 0 aliphatic carbocycles. The summed E-state index contributed by atoms with van der Waals surface area (Å²) in [6.45, 7) is 3.57. The first-order valence-corrected chi connectivity index (χ1v) is 3.90. The molecule has 0 bridgehead atoms. The molecule has 1 rings (SSSR count). The van der Waals surface area contributed by atoms with Gasteiger partial charge in [-0.2, -0.15) is 0 Å². The number of hydrogen-bond acceptors (Lipinski definition) is 0. The molecule has 0 aromatic heterocycles. The second-order valence-electron chi connectivity index (χ2n) is 2.07. The zero-order valence-electron chi connectivity index (χ0n) is 5.85. The van der Waals surface area contributed by atoms with Crippen LogP contribution < -0.4 is 0 Å². The highest BCUT2D eigenvalue weighted by Crippen LogP contribution is 2.21. The van der Waals surface area contributed by atoms with E-state index in [1.165, 1.54) is 0 Å². The summed E-state index contributed by atoms with van der Waals surface area (Å²) in [5, 5.41) is 1.37. The molecule has 2 heteroatoms. The van der Waals surface area contributed by atoms with Crippen LogP contribution in [-0.2, 0) is 0 Å². The molecule has 0 aliphatic heterocycles. The molecule has 0 heterocycles. The van der Waals surface area contributed by atoms with E-state index in [4.69, 9.17) is 23.2 Å². The second kappa shape index (κ2) is 3.80. The molecule has 1 aromatic carbocycles. The topological polar surface area (TPSA) is 0 Å². The fourth-order valence-corrected chi connectivity index (χ4v) is 1.13. The average molecular weight is 186 g/mol. The van der Waals surface area contributed by atoms with Crippen molar-refractivity contribution in [3.05, 3.63) is 46.8 Å². The number of halogens is 2. The van der Waals surface area contributed by atoms with Gasteiger partial charge in [-0.3, -0.25) is 0 Å². The Morgan fingerprint density at radius 1 is 1.27 bits per heavy atom. The number of rotatable bonds is 1. The van der Waals surface area contributed by atoms with Gasteiger partial charge < -0.3 is 0 Å². The van der Waals surface area contributed by atoms with Gasteiger partial charge in [-0.1, -0.05) is 35.4 Å². The predicted molar refractivity (Wildman–Crippen MR) is 50.9 cm³/mol. The Morgan fingerprint density at radius 2 is 2.00 bits per heavy atom. The maximum absolute atomic E-state index is 5.84. The normalized spacial score (nSPS) is 10.8. The van der Waals surface area contributed by atoms with Crippen LogP contribution in [0.5, 0.6) is 0 Å². The third-order valence-corrected chi connectivity index (χ3v) is 1.83. The Hall–Kier alpha value is -0.460. The maximum Gasteiger partial charge on any atom is 0.0479 e. The van der Waals surface area contributed by atoms with Gasteiger partial charge in [0.05, 0.1) is 0 Å². The molecule has 0 nitrogen and oxygen atoms in total. The van der Waals surface area contributed by atoms with Crippen molar-refractivity contribution in [2.75, 3.05) is 0 Å². The van der Waals surface area contributed by atoms with Crippen LogP contribution in [0.3, 0.4) is 0 Å². The fourth-order valence-electron chi connectivity index (χ4n) is 0.769. The minimum atomic E-state index is 0.683. The van der Waals surface area contributed by atoms with Crippen molar-refractivity contribution in [3.63, 3.8) is 0 Å².